The van der Waals surface area contributed by atoms with Crippen LogP contribution in [-0.4, -0.2) is 27.7 Å². The molecule has 2 atom stereocenters. The van der Waals surface area contributed by atoms with Crippen molar-refractivity contribution in [2.45, 2.75) is 12.8 Å². The second-order valence-corrected chi connectivity index (χ2v) is 5.41. The molecule has 0 aromatic heterocycles. The molecule has 8 nitrogen and oxygen atoms in total. The molecule has 23 heavy (non-hydrogen) atoms. The minimum Gasteiger partial charge on any atom is -0.272 e. The van der Waals surface area contributed by atoms with Gasteiger partial charge in [-0.2, -0.15) is 5.01 Å². The van der Waals surface area contributed by atoms with Crippen molar-refractivity contribution in [2.75, 3.05) is 0 Å². The highest BCUT2D eigenvalue weighted by Gasteiger charge is 2.48. The largest absolute Gasteiger partial charge is 0.272 e. The zero-order valence-electron chi connectivity index (χ0n) is 12.0. The first-order valence-electron chi connectivity index (χ1n) is 7.07. The lowest BCUT2D eigenvalue weighted by atomic mass is 9.85. The fourth-order valence-corrected chi connectivity index (χ4v) is 2.81. The quantitative estimate of drug-likeness (QED) is 0.390. The van der Waals surface area contributed by atoms with Gasteiger partial charge in [-0.25, -0.2) is 0 Å². The highest BCUT2D eigenvalue weighted by molar-refractivity contribution is 6.08. The van der Waals surface area contributed by atoms with E-state index in [1.807, 2.05) is 12.2 Å². The van der Waals surface area contributed by atoms with Crippen molar-refractivity contribution in [3.63, 3.8) is 0 Å². The molecule has 2 aliphatic rings. The van der Waals surface area contributed by atoms with Gasteiger partial charge in [-0.1, -0.05) is 12.2 Å². The topological polar surface area (TPSA) is 110 Å². The predicted molar refractivity (Wildman–Crippen MR) is 77.8 cm³/mol. The second kappa shape index (κ2) is 5.64. The van der Waals surface area contributed by atoms with Crippen molar-refractivity contribution < 1.29 is 19.3 Å². The number of hydrazine groups is 1. The summed E-state index contributed by atoms with van der Waals surface area (Å²) in [6, 6.07) is 4.92. The normalized spacial score (nSPS) is 22.9. The number of imide groups is 1. The fourth-order valence-electron chi connectivity index (χ4n) is 2.81. The Morgan fingerprint density at radius 1 is 1.09 bits per heavy atom. The maximum absolute atomic E-state index is 12.2. The molecule has 1 fully saturated rings. The predicted octanol–water partition coefficient (Wildman–Crippen LogP) is 1.19. The molecule has 1 heterocycles. The maximum Gasteiger partial charge on any atom is 0.270 e. The van der Waals surface area contributed by atoms with E-state index in [0.717, 1.165) is 5.01 Å². The van der Waals surface area contributed by atoms with Crippen molar-refractivity contribution >= 4 is 23.4 Å². The van der Waals surface area contributed by atoms with E-state index in [2.05, 4.69) is 5.43 Å². The molecule has 0 radical (unpaired) electrons. The molecule has 3 rings (SSSR count). The minimum absolute atomic E-state index is 0.129. The number of rotatable bonds is 3. The summed E-state index contributed by atoms with van der Waals surface area (Å²) in [5.74, 6) is -2.35. The van der Waals surface area contributed by atoms with E-state index in [1.165, 1.54) is 24.3 Å². The average molecular weight is 315 g/mol. The lowest BCUT2D eigenvalue weighted by Gasteiger charge is -2.15. The molecule has 1 aromatic rings. The molecule has 1 aliphatic carbocycles. The lowest BCUT2D eigenvalue weighted by Crippen LogP contribution is -2.46. The average Bonchev–Trinajstić information content (AvgIpc) is 2.80. The molecule has 0 bridgehead atoms. The Morgan fingerprint density at radius 2 is 1.61 bits per heavy atom. The molecule has 1 saturated heterocycles. The summed E-state index contributed by atoms with van der Waals surface area (Å²) < 4.78 is 0. The number of nitro groups is 1. The van der Waals surface area contributed by atoms with E-state index >= 15 is 0 Å². The van der Waals surface area contributed by atoms with Gasteiger partial charge in [0.25, 0.3) is 23.4 Å². The molecule has 0 spiro atoms. The van der Waals surface area contributed by atoms with E-state index in [4.69, 9.17) is 0 Å². The van der Waals surface area contributed by atoms with E-state index in [9.17, 15) is 24.5 Å². The number of amides is 3. The molecule has 1 aliphatic heterocycles. The summed E-state index contributed by atoms with van der Waals surface area (Å²) in [4.78, 5) is 46.6. The van der Waals surface area contributed by atoms with Gasteiger partial charge in [0.15, 0.2) is 0 Å². The number of hydrogen-bond acceptors (Lipinski definition) is 5. The van der Waals surface area contributed by atoms with E-state index in [0.29, 0.717) is 12.8 Å². The molecule has 0 unspecified atom stereocenters. The molecule has 118 valence electrons. The third-order valence-corrected chi connectivity index (χ3v) is 4.06. The smallest absolute Gasteiger partial charge is 0.270 e. The number of nitro benzene ring substituents is 1. The Balaban J connectivity index is 1.74. The van der Waals surface area contributed by atoms with Crippen LogP contribution in [0, 0.1) is 22.0 Å². The van der Waals surface area contributed by atoms with Gasteiger partial charge >= 0.3 is 0 Å². The SMILES string of the molecule is O=C(NN1C(=O)[C@H]2CC=CC[C@H]2C1=O)c1ccc([N+](=O)[O-])cc1. The maximum atomic E-state index is 12.2. The third-order valence-electron chi connectivity index (χ3n) is 4.06. The van der Waals surface area contributed by atoms with Crippen LogP contribution in [0.25, 0.3) is 0 Å². The fraction of sp³-hybridized carbons (Fsp3) is 0.267. The molecule has 1 N–H and O–H groups in total. The van der Waals surface area contributed by atoms with Crippen LogP contribution in [0.5, 0.6) is 0 Å². The summed E-state index contributed by atoms with van der Waals surface area (Å²) >= 11 is 0. The Bertz CT molecular complexity index is 699. The first kappa shape index (κ1) is 14.9. The summed E-state index contributed by atoms with van der Waals surface area (Å²) in [7, 11) is 0. The van der Waals surface area contributed by atoms with Crippen LogP contribution < -0.4 is 5.43 Å². The molecular formula is C15H13N3O5. The van der Waals surface area contributed by atoms with Crippen LogP contribution in [0.1, 0.15) is 23.2 Å². The lowest BCUT2D eigenvalue weighted by molar-refractivity contribution is -0.384. The van der Waals surface area contributed by atoms with Gasteiger partial charge < -0.3 is 0 Å². The molecule has 8 heteroatoms. The van der Waals surface area contributed by atoms with Gasteiger partial charge in [-0.3, -0.25) is 29.9 Å². The van der Waals surface area contributed by atoms with Gasteiger partial charge in [0, 0.05) is 17.7 Å². The zero-order chi connectivity index (χ0) is 16.6. The highest BCUT2D eigenvalue weighted by atomic mass is 16.6. The summed E-state index contributed by atoms with van der Waals surface area (Å²) in [5, 5.41) is 11.4. The van der Waals surface area contributed by atoms with Gasteiger partial charge in [0.1, 0.15) is 0 Å². The molecule has 0 saturated carbocycles. The Hall–Kier alpha value is -3.03. The van der Waals surface area contributed by atoms with Crippen molar-refractivity contribution in [3.8, 4) is 0 Å². The summed E-state index contributed by atoms with van der Waals surface area (Å²) in [6.45, 7) is 0. The number of fused-ring (bicyclic) bond motifs is 1. The second-order valence-electron chi connectivity index (χ2n) is 5.41. The van der Waals surface area contributed by atoms with Crippen molar-refractivity contribution in [1.29, 1.82) is 0 Å². The monoisotopic (exact) mass is 315 g/mol. The first-order chi connectivity index (χ1) is 11.0. The van der Waals surface area contributed by atoms with Crippen LogP contribution in [-0.2, 0) is 9.59 Å². The number of hydrogen-bond donors (Lipinski definition) is 1. The van der Waals surface area contributed by atoms with E-state index < -0.39 is 34.5 Å². The van der Waals surface area contributed by atoms with Gasteiger partial charge in [0.05, 0.1) is 16.8 Å². The van der Waals surface area contributed by atoms with Gasteiger partial charge in [-0.15, -0.1) is 0 Å². The van der Waals surface area contributed by atoms with Crippen LogP contribution in [0.2, 0.25) is 0 Å². The number of carbonyl (C=O) groups excluding carboxylic acids is 3. The summed E-state index contributed by atoms with van der Waals surface area (Å²) in [6.07, 6.45) is 4.68. The highest BCUT2D eigenvalue weighted by Crippen LogP contribution is 2.34. The van der Waals surface area contributed by atoms with Crippen LogP contribution in [0.4, 0.5) is 5.69 Å². The van der Waals surface area contributed by atoms with Crippen molar-refractivity contribution in [2.24, 2.45) is 11.8 Å². The number of carbonyl (C=O) groups is 3. The van der Waals surface area contributed by atoms with Gasteiger partial charge in [0.2, 0.25) is 0 Å². The number of non-ortho nitro benzene ring substituents is 1. The number of nitrogens with one attached hydrogen (secondary N) is 1. The van der Waals surface area contributed by atoms with Crippen LogP contribution >= 0.6 is 0 Å². The number of nitrogens with zero attached hydrogens (tertiary/aromatic N) is 2. The van der Waals surface area contributed by atoms with Crippen molar-refractivity contribution in [1.82, 2.24) is 10.4 Å². The Labute approximate surface area is 130 Å². The number of allylic oxidation sites excluding steroid dienone is 2. The Morgan fingerprint density at radius 3 is 2.09 bits per heavy atom. The third kappa shape index (κ3) is 2.59. The van der Waals surface area contributed by atoms with E-state index in [1.54, 1.807) is 0 Å². The number of benzene rings is 1. The van der Waals surface area contributed by atoms with E-state index in [-0.39, 0.29) is 11.3 Å². The first-order valence-corrected chi connectivity index (χ1v) is 7.07. The van der Waals surface area contributed by atoms with Gasteiger partial charge in [-0.05, 0) is 25.0 Å². The van der Waals surface area contributed by atoms with Crippen LogP contribution in [0.15, 0.2) is 36.4 Å². The minimum atomic E-state index is -0.659. The van der Waals surface area contributed by atoms with Crippen molar-refractivity contribution in [3.05, 3.63) is 52.1 Å². The summed E-state index contributed by atoms with van der Waals surface area (Å²) in [5.41, 5.74) is 2.28. The zero-order valence-corrected chi connectivity index (χ0v) is 12.0. The molecular weight excluding hydrogens is 302 g/mol. The van der Waals surface area contributed by atoms with Crippen LogP contribution in [0.3, 0.4) is 0 Å². The standard InChI is InChI=1S/C15H13N3O5/c19-13(9-5-7-10(8-6-9)18(22)23)16-17-14(20)11-3-1-2-4-12(11)15(17)21/h1-2,5-8,11-12H,3-4H2,(H,16,19)/t11-,12+. The Kier molecular flexibility index (Phi) is 3.65. The molecule has 1 aromatic carbocycles. The molecule has 3 amide bonds.